The second-order valence-corrected chi connectivity index (χ2v) is 4.00. The highest BCUT2D eigenvalue weighted by atomic mass is 16.5. The van der Waals surface area contributed by atoms with Crippen LogP contribution in [-0.2, 0) is 9.53 Å². The Labute approximate surface area is 86.0 Å². The Morgan fingerprint density at radius 3 is 2.57 bits per heavy atom. The summed E-state index contributed by atoms with van der Waals surface area (Å²) >= 11 is 0. The van der Waals surface area contributed by atoms with Crippen LogP contribution in [0.3, 0.4) is 0 Å². The smallest absolute Gasteiger partial charge is 0.237 e. The Hall–Kier alpha value is -0.610. The Morgan fingerprint density at radius 2 is 2.14 bits per heavy atom. The van der Waals surface area contributed by atoms with Crippen molar-refractivity contribution in [3.8, 4) is 0 Å². The van der Waals surface area contributed by atoms with E-state index in [1.54, 1.807) is 6.92 Å². The van der Waals surface area contributed by atoms with Gasteiger partial charge in [0.15, 0.2) is 0 Å². The third kappa shape index (κ3) is 5.19. The van der Waals surface area contributed by atoms with Gasteiger partial charge in [-0.2, -0.15) is 0 Å². The quantitative estimate of drug-likeness (QED) is 0.640. The molecule has 0 saturated heterocycles. The first-order valence-corrected chi connectivity index (χ1v) is 5.10. The molecule has 0 bridgehead atoms. The molecule has 4 nitrogen and oxygen atoms in total. The summed E-state index contributed by atoms with van der Waals surface area (Å²) in [6, 6.07) is 0. The summed E-state index contributed by atoms with van der Waals surface area (Å²) < 4.78 is 5.48. The van der Waals surface area contributed by atoms with Crippen molar-refractivity contribution in [3.63, 3.8) is 0 Å². The molecule has 1 amide bonds. The molecule has 0 spiro atoms. The zero-order valence-corrected chi connectivity index (χ0v) is 9.38. The van der Waals surface area contributed by atoms with Crippen LogP contribution in [0.4, 0.5) is 0 Å². The molecular formula is C10H22N2O2. The van der Waals surface area contributed by atoms with Gasteiger partial charge in [0.2, 0.25) is 5.91 Å². The van der Waals surface area contributed by atoms with E-state index in [-0.39, 0.29) is 6.10 Å². The number of hydrogen-bond donors (Lipinski definition) is 2. The molecule has 2 unspecified atom stereocenters. The highest BCUT2D eigenvalue weighted by Crippen LogP contribution is 2.07. The summed E-state index contributed by atoms with van der Waals surface area (Å²) in [7, 11) is 0. The Kier molecular flexibility index (Phi) is 5.72. The molecule has 0 aliphatic heterocycles. The van der Waals surface area contributed by atoms with Gasteiger partial charge in [-0.05, 0) is 26.7 Å². The van der Waals surface area contributed by atoms with Gasteiger partial charge in [-0.1, -0.05) is 13.3 Å². The van der Waals surface area contributed by atoms with E-state index in [0.717, 1.165) is 12.8 Å². The number of nitrogens with two attached hydrogens (primary N) is 2. The van der Waals surface area contributed by atoms with Gasteiger partial charge in [-0.3, -0.25) is 4.79 Å². The summed E-state index contributed by atoms with van der Waals surface area (Å²) in [5.41, 5.74) is 9.84. The minimum absolute atomic E-state index is 0.226. The van der Waals surface area contributed by atoms with Gasteiger partial charge in [0.25, 0.3) is 0 Å². The highest BCUT2D eigenvalue weighted by Gasteiger charge is 2.25. The average Bonchev–Trinajstić information content (AvgIpc) is 2.04. The second kappa shape index (κ2) is 5.98. The molecule has 0 rings (SSSR count). The summed E-state index contributed by atoms with van der Waals surface area (Å²) in [5.74, 6) is -0.482. The van der Waals surface area contributed by atoms with Crippen molar-refractivity contribution in [2.45, 2.75) is 51.7 Å². The number of amides is 1. The van der Waals surface area contributed by atoms with Gasteiger partial charge in [0.05, 0.1) is 11.6 Å². The number of rotatable bonds is 7. The maximum atomic E-state index is 10.9. The van der Waals surface area contributed by atoms with E-state index in [4.69, 9.17) is 16.2 Å². The molecule has 4 N–H and O–H groups in total. The molecule has 0 radical (unpaired) electrons. The van der Waals surface area contributed by atoms with E-state index < -0.39 is 11.4 Å². The molecule has 0 aliphatic carbocycles. The van der Waals surface area contributed by atoms with Crippen LogP contribution in [0.2, 0.25) is 0 Å². The van der Waals surface area contributed by atoms with E-state index >= 15 is 0 Å². The summed E-state index contributed by atoms with van der Waals surface area (Å²) in [4.78, 5) is 10.9. The fourth-order valence-corrected chi connectivity index (χ4v) is 1.09. The lowest BCUT2D eigenvalue weighted by Gasteiger charge is -2.21. The molecule has 0 heterocycles. The normalized spacial score (nSPS) is 17.4. The Balaban J connectivity index is 3.68. The van der Waals surface area contributed by atoms with Crippen LogP contribution in [0, 0.1) is 0 Å². The summed E-state index contributed by atoms with van der Waals surface area (Å²) in [6.07, 6.45) is 2.81. The predicted octanol–water partition coefficient (Wildman–Crippen LogP) is 0.784. The van der Waals surface area contributed by atoms with Crippen LogP contribution in [0.1, 0.15) is 40.0 Å². The molecule has 0 aromatic carbocycles. The van der Waals surface area contributed by atoms with Crippen molar-refractivity contribution in [2.75, 3.05) is 6.61 Å². The van der Waals surface area contributed by atoms with Gasteiger partial charge in [-0.15, -0.1) is 0 Å². The fraction of sp³-hybridized carbons (Fsp3) is 0.900. The van der Waals surface area contributed by atoms with Crippen LogP contribution in [0.25, 0.3) is 0 Å². The second-order valence-electron chi connectivity index (χ2n) is 4.00. The molecule has 14 heavy (non-hydrogen) atoms. The van der Waals surface area contributed by atoms with Crippen LogP contribution >= 0.6 is 0 Å². The zero-order chi connectivity index (χ0) is 11.2. The summed E-state index contributed by atoms with van der Waals surface area (Å²) in [5, 5.41) is 0. The van der Waals surface area contributed by atoms with Crippen molar-refractivity contribution in [2.24, 2.45) is 11.5 Å². The summed E-state index contributed by atoms with van der Waals surface area (Å²) in [6.45, 7) is 6.23. The first kappa shape index (κ1) is 13.4. The molecule has 0 aromatic heterocycles. The first-order chi connectivity index (χ1) is 6.40. The first-order valence-electron chi connectivity index (χ1n) is 5.10. The van der Waals surface area contributed by atoms with Crippen molar-refractivity contribution < 1.29 is 9.53 Å². The van der Waals surface area contributed by atoms with E-state index in [9.17, 15) is 4.79 Å². The number of carbonyl (C=O) groups is 1. The lowest BCUT2D eigenvalue weighted by molar-refractivity contribution is -0.123. The van der Waals surface area contributed by atoms with Crippen LogP contribution in [0.5, 0.6) is 0 Å². The van der Waals surface area contributed by atoms with Crippen LogP contribution in [-0.4, -0.2) is 24.2 Å². The van der Waals surface area contributed by atoms with Crippen molar-refractivity contribution in [1.82, 2.24) is 0 Å². The molecule has 0 saturated carbocycles. The zero-order valence-electron chi connectivity index (χ0n) is 9.38. The third-order valence-electron chi connectivity index (χ3n) is 2.28. The van der Waals surface area contributed by atoms with Gasteiger partial charge in [-0.25, -0.2) is 0 Å². The van der Waals surface area contributed by atoms with E-state index in [1.165, 1.54) is 0 Å². The monoisotopic (exact) mass is 202 g/mol. The van der Waals surface area contributed by atoms with E-state index in [0.29, 0.717) is 13.0 Å². The van der Waals surface area contributed by atoms with Crippen LogP contribution in [0.15, 0.2) is 0 Å². The van der Waals surface area contributed by atoms with Gasteiger partial charge in [0.1, 0.15) is 0 Å². The molecule has 4 heteroatoms. The minimum Gasteiger partial charge on any atom is -0.378 e. The highest BCUT2D eigenvalue weighted by molar-refractivity contribution is 5.83. The van der Waals surface area contributed by atoms with Gasteiger partial charge < -0.3 is 16.2 Å². The van der Waals surface area contributed by atoms with E-state index in [2.05, 4.69) is 6.92 Å². The SMILES string of the molecule is CCCC(C)OCCC(C)(N)C(N)=O. The number of hydrogen-bond acceptors (Lipinski definition) is 3. The Morgan fingerprint density at radius 1 is 1.57 bits per heavy atom. The predicted molar refractivity (Wildman–Crippen MR) is 56.7 cm³/mol. The van der Waals surface area contributed by atoms with Gasteiger partial charge >= 0.3 is 0 Å². The average molecular weight is 202 g/mol. The Bertz CT molecular complexity index is 181. The molecule has 2 atom stereocenters. The standard InChI is InChI=1S/C10H22N2O2/c1-4-5-8(2)14-7-6-10(3,12)9(11)13/h8H,4-7,12H2,1-3H3,(H2,11,13). The van der Waals surface area contributed by atoms with Crippen LogP contribution < -0.4 is 11.5 Å². The largest absolute Gasteiger partial charge is 0.378 e. The topological polar surface area (TPSA) is 78.3 Å². The maximum Gasteiger partial charge on any atom is 0.237 e. The third-order valence-corrected chi connectivity index (χ3v) is 2.28. The molecule has 0 aromatic rings. The number of carbonyl (C=O) groups excluding carboxylic acids is 1. The minimum atomic E-state index is -0.952. The fourth-order valence-electron chi connectivity index (χ4n) is 1.09. The van der Waals surface area contributed by atoms with Crippen molar-refractivity contribution in [3.05, 3.63) is 0 Å². The molecule has 0 aliphatic rings. The number of ether oxygens (including phenoxy) is 1. The molecule has 0 fully saturated rings. The number of primary amides is 1. The maximum absolute atomic E-state index is 10.9. The molecular weight excluding hydrogens is 180 g/mol. The van der Waals surface area contributed by atoms with Crippen molar-refractivity contribution in [1.29, 1.82) is 0 Å². The lowest BCUT2D eigenvalue weighted by atomic mass is 9.99. The van der Waals surface area contributed by atoms with Gasteiger partial charge in [0, 0.05) is 6.61 Å². The molecule has 84 valence electrons. The van der Waals surface area contributed by atoms with E-state index in [1.807, 2.05) is 6.92 Å². The van der Waals surface area contributed by atoms with Crippen molar-refractivity contribution >= 4 is 5.91 Å². The lowest BCUT2D eigenvalue weighted by Crippen LogP contribution is -2.50.